The van der Waals surface area contributed by atoms with Gasteiger partial charge in [0.2, 0.25) is 0 Å². The number of halogens is 1. The molecule has 2 rings (SSSR count). The van der Waals surface area contributed by atoms with Gasteiger partial charge in [-0.3, -0.25) is 9.69 Å². The lowest BCUT2D eigenvalue weighted by Crippen LogP contribution is -2.45. The fourth-order valence-electron chi connectivity index (χ4n) is 2.50. The Kier molecular flexibility index (Phi) is 3.66. The van der Waals surface area contributed by atoms with Crippen molar-refractivity contribution in [3.05, 3.63) is 35.6 Å². The van der Waals surface area contributed by atoms with E-state index in [0.717, 1.165) is 24.9 Å². The molecule has 1 atom stereocenters. The molecule has 3 nitrogen and oxygen atoms in total. The Bertz CT molecular complexity index is 432. The van der Waals surface area contributed by atoms with Crippen LogP contribution in [0.4, 0.5) is 4.39 Å². The molecule has 0 amide bonds. The van der Waals surface area contributed by atoms with Crippen LogP contribution in [0.25, 0.3) is 0 Å². The van der Waals surface area contributed by atoms with Crippen LogP contribution in [-0.4, -0.2) is 29.1 Å². The molecular formula is C14H18FNO2. The quantitative estimate of drug-likeness (QED) is 0.897. The predicted octanol–water partition coefficient (Wildman–Crippen LogP) is 2.51. The Hall–Kier alpha value is -1.42. The van der Waals surface area contributed by atoms with Gasteiger partial charge in [-0.1, -0.05) is 12.1 Å². The lowest BCUT2D eigenvalue weighted by atomic mass is 9.82. The van der Waals surface area contributed by atoms with Gasteiger partial charge < -0.3 is 5.11 Å². The molecule has 4 heteroatoms. The molecule has 0 aromatic heterocycles. The van der Waals surface area contributed by atoms with Crippen molar-refractivity contribution < 1.29 is 14.3 Å². The second kappa shape index (κ2) is 5.06. The number of rotatable bonds is 3. The van der Waals surface area contributed by atoms with Crippen molar-refractivity contribution >= 4 is 5.97 Å². The first-order chi connectivity index (χ1) is 8.49. The van der Waals surface area contributed by atoms with E-state index in [1.807, 2.05) is 0 Å². The normalized spacial score (nSPS) is 25.0. The molecule has 1 aromatic rings. The number of hydrogen-bond acceptors (Lipinski definition) is 2. The van der Waals surface area contributed by atoms with E-state index < -0.39 is 11.4 Å². The maximum atomic E-state index is 12.8. The Morgan fingerprint density at radius 3 is 2.72 bits per heavy atom. The summed E-state index contributed by atoms with van der Waals surface area (Å²) in [5.41, 5.74) is 0.365. The summed E-state index contributed by atoms with van der Waals surface area (Å²) in [6.07, 6.45) is 1.62. The monoisotopic (exact) mass is 251 g/mol. The SMILES string of the molecule is CC1(C(=O)O)CCCN(Cc2ccc(F)cc2)C1. The molecule has 98 valence electrons. The number of aliphatic carboxylic acids is 1. The van der Waals surface area contributed by atoms with E-state index in [-0.39, 0.29) is 5.82 Å². The number of carboxylic acids is 1. The minimum absolute atomic E-state index is 0.243. The van der Waals surface area contributed by atoms with Gasteiger partial charge >= 0.3 is 5.97 Å². The second-order valence-corrected chi connectivity index (χ2v) is 5.31. The van der Waals surface area contributed by atoms with E-state index in [0.29, 0.717) is 13.1 Å². The molecular weight excluding hydrogens is 233 g/mol. The van der Waals surface area contributed by atoms with Gasteiger partial charge in [0, 0.05) is 13.1 Å². The van der Waals surface area contributed by atoms with Gasteiger partial charge in [0.25, 0.3) is 0 Å². The number of carbonyl (C=O) groups is 1. The molecule has 1 aliphatic heterocycles. The van der Waals surface area contributed by atoms with Crippen molar-refractivity contribution in [3.63, 3.8) is 0 Å². The summed E-state index contributed by atoms with van der Waals surface area (Å²) in [5, 5.41) is 9.24. The van der Waals surface area contributed by atoms with Crippen molar-refractivity contribution in [1.29, 1.82) is 0 Å². The first kappa shape index (κ1) is 13.0. The van der Waals surface area contributed by atoms with Crippen molar-refractivity contribution in [2.24, 2.45) is 5.41 Å². The van der Waals surface area contributed by atoms with E-state index in [2.05, 4.69) is 4.90 Å². The third-order valence-corrected chi connectivity index (χ3v) is 3.61. The number of hydrogen-bond donors (Lipinski definition) is 1. The zero-order chi connectivity index (χ0) is 13.2. The number of likely N-dealkylation sites (tertiary alicyclic amines) is 1. The Morgan fingerprint density at radius 1 is 1.44 bits per heavy atom. The highest BCUT2D eigenvalue weighted by atomic mass is 19.1. The van der Waals surface area contributed by atoms with Crippen LogP contribution in [0, 0.1) is 11.2 Å². The standard InChI is InChI=1S/C14H18FNO2/c1-14(13(17)18)7-2-8-16(10-14)9-11-3-5-12(15)6-4-11/h3-6H,2,7-10H2,1H3,(H,17,18). The summed E-state index contributed by atoms with van der Waals surface area (Å²) in [6, 6.07) is 6.38. The molecule has 0 spiro atoms. The highest BCUT2D eigenvalue weighted by Gasteiger charge is 2.37. The highest BCUT2D eigenvalue weighted by Crippen LogP contribution is 2.30. The average molecular weight is 251 g/mol. The molecule has 1 N–H and O–H groups in total. The molecule has 1 heterocycles. The molecule has 0 aliphatic carbocycles. The van der Waals surface area contributed by atoms with E-state index in [1.165, 1.54) is 12.1 Å². The van der Waals surface area contributed by atoms with Gasteiger partial charge in [-0.15, -0.1) is 0 Å². The summed E-state index contributed by atoms with van der Waals surface area (Å²) < 4.78 is 12.8. The number of carboxylic acid groups (broad SMARTS) is 1. The summed E-state index contributed by atoms with van der Waals surface area (Å²) in [4.78, 5) is 13.4. The lowest BCUT2D eigenvalue weighted by Gasteiger charge is -2.37. The largest absolute Gasteiger partial charge is 0.481 e. The number of benzene rings is 1. The fourth-order valence-corrected chi connectivity index (χ4v) is 2.50. The van der Waals surface area contributed by atoms with Crippen LogP contribution >= 0.6 is 0 Å². The molecule has 0 radical (unpaired) electrons. The fraction of sp³-hybridized carbons (Fsp3) is 0.500. The van der Waals surface area contributed by atoms with Crippen LogP contribution in [0.1, 0.15) is 25.3 Å². The first-order valence-electron chi connectivity index (χ1n) is 6.20. The number of piperidine rings is 1. The molecule has 18 heavy (non-hydrogen) atoms. The van der Waals surface area contributed by atoms with Crippen molar-refractivity contribution in [1.82, 2.24) is 4.90 Å². The van der Waals surface area contributed by atoms with Crippen LogP contribution in [0.5, 0.6) is 0 Å². The second-order valence-electron chi connectivity index (χ2n) is 5.31. The maximum absolute atomic E-state index is 12.8. The predicted molar refractivity (Wildman–Crippen MR) is 66.7 cm³/mol. The Labute approximate surface area is 106 Å². The van der Waals surface area contributed by atoms with Crippen LogP contribution in [0.3, 0.4) is 0 Å². The average Bonchev–Trinajstić information content (AvgIpc) is 2.32. The zero-order valence-corrected chi connectivity index (χ0v) is 10.5. The van der Waals surface area contributed by atoms with Crippen molar-refractivity contribution in [2.75, 3.05) is 13.1 Å². The lowest BCUT2D eigenvalue weighted by molar-refractivity contribution is -0.151. The van der Waals surface area contributed by atoms with Crippen LogP contribution in [0.15, 0.2) is 24.3 Å². The molecule has 1 aromatic carbocycles. The highest BCUT2D eigenvalue weighted by molar-refractivity contribution is 5.74. The summed E-state index contributed by atoms with van der Waals surface area (Å²) in [7, 11) is 0. The maximum Gasteiger partial charge on any atom is 0.310 e. The van der Waals surface area contributed by atoms with Crippen LogP contribution in [0.2, 0.25) is 0 Å². The van der Waals surface area contributed by atoms with Gasteiger partial charge in [-0.25, -0.2) is 4.39 Å². The Morgan fingerprint density at radius 2 is 2.11 bits per heavy atom. The third-order valence-electron chi connectivity index (χ3n) is 3.61. The number of nitrogens with zero attached hydrogens (tertiary/aromatic N) is 1. The molecule has 1 unspecified atom stereocenters. The zero-order valence-electron chi connectivity index (χ0n) is 10.5. The van der Waals surface area contributed by atoms with Gasteiger partial charge in [0.15, 0.2) is 0 Å². The van der Waals surface area contributed by atoms with Crippen molar-refractivity contribution in [2.45, 2.75) is 26.3 Å². The topological polar surface area (TPSA) is 40.5 Å². The first-order valence-corrected chi connectivity index (χ1v) is 6.20. The van der Waals surface area contributed by atoms with E-state index >= 15 is 0 Å². The van der Waals surface area contributed by atoms with Gasteiger partial charge in [0.05, 0.1) is 5.41 Å². The smallest absolute Gasteiger partial charge is 0.310 e. The molecule has 1 saturated heterocycles. The third kappa shape index (κ3) is 2.88. The molecule has 0 bridgehead atoms. The van der Waals surface area contributed by atoms with Gasteiger partial charge in [-0.05, 0) is 44.0 Å². The Balaban J connectivity index is 2.02. The minimum atomic E-state index is -0.730. The van der Waals surface area contributed by atoms with Gasteiger partial charge in [-0.2, -0.15) is 0 Å². The van der Waals surface area contributed by atoms with Gasteiger partial charge in [0.1, 0.15) is 5.82 Å². The summed E-state index contributed by atoms with van der Waals surface area (Å²) >= 11 is 0. The van der Waals surface area contributed by atoms with Crippen LogP contribution < -0.4 is 0 Å². The van der Waals surface area contributed by atoms with E-state index in [9.17, 15) is 14.3 Å². The summed E-state index contributed by atoms with van der Waals surface area (Å²) in [6.45, 7) is 3.94. The molecule has 1 fully saturated rings. The minimum Gasteiger partial charge on any atom is -0.481 e. The molecule has 1 aliphatic rings. The summed E-state index contributed by atoms with van der Waals surface area (Å²) in [5.74, 6) is -0.973. The molecule has 0 saturated carbocycles. The van der Waals surface area contributed by atoms with E-state index in [4.69, 9.17) is 0 Å². The van der Waals surface area contributed by atoms with E-state index in [1.54, 1.807) is 19.1 Å². The van der Waals surface area contributed by atoms with Crippen LogP contribution in [-0.2, 0) is 11.3 Å². The van der Waals surface area contributed by atoms with Crippen molar-refractivity contribution in [3.8, 4) is 0 Å².